The summed E-state index contributed by atoms with van der Waals surface area (Å²) in [5.41, 5.74) is 5.09. The molecule has 5 rings (SSSR count). The summed E-state index contributed by atoms with van der Waals surface area (Å²) in [6.07, 6.45) is 1.78. The molecule has 2 heterocycles. The van der Waals surface area contributed by atoms with Crippen LogP contribution in [0.3, 0.4) is 0 Å². The smallest absolute Gasteiger partial charge is 0.235 e. The first-order chi connectivity index (χ1) is 14.1. The molecule has 30 heavy (non-hydrogen) atoms. The third-order valence-electron chi connectivity index (χ3n) is 6.72. The van der Waals surface area contributed by atoms with Gasteiger partial charge in [0, 0.05) is 40.1 Å². The lowest BCUT2D eigenvalue weighted by molar-refractivity contribution is -0.118. The van der Waals surface area contributed by atoms with E-state index in [2.05, 4.69) is 75.3 Å². The van der Waals surface area contributed by atoms with Crippen molar-refractivity contribution in [2.24, 2.45) is 0 Å². The van der Waals surface area contributed by atoms with Crippen LogP contribution < -0.4 is 10.1 Å². The number of fused-ring (bicyclic) bond motifs is 2. The Balaban J connectivity index is 0.00000231. The maximum atomic E-state index is 13.3. The number of nitrogens with one attached hydrogen (secondary N) is 2. The maximum Gasteiger partial charge on any atom is 0.235 e. The number of benzene rings is 2. The second-order valence-electron chi connectivity index (χ2n) is 10.7. The van der Waals surface area contributed by atoms with E-state index in [1.165, 1.54) is 11.3 Å². The van der Waals surface area contributed by atoms with E-state index in [0.29, 0.717) is 6.61 Å². The molecule has 3 aromatic rings. The number of amides is 1. The predicted octanol–water partition coefficient (Wildman–Crippen LogP) is 6.05. The zero-order valence-corrected chi connectivity index (χ0v) is 18.5. The molecular formula is C26H32N2O2. The highest BCUT2D eigenvalue weighted by Crippen LogP contribution is 2.51. The number of hydrogen-bond acceptors (Lipinski definition) is 2. The Morgan fingerprint density at radius 1 is 1.10 bits per heavy atom. The molecule has 0 radical (unpaired) electrons. The third-order valence-corrected chi connectivity index (χ3v) is 6.72. The summed E-state index contributed by atoms with van der Waals surface area (Å²) in [5, 5.41) is 4.31. The molecule has 4 heteroatoms. The molecule has 4 nitrogen and oxygen atoms in total. The lowest BCUT2D eigenvalue weighted by Gasteiger charge is -2.20. The van der Waals surface area contributed by atoms with Gasteiger partial charge in [-0.1, -0.05) is 46.8 Å². The Labute approximate surface area is 179 Å². The summed E-state index contributed by atoms with van der Waals surface area (Å²) in [5.74, 6) is 1.04. The lowest BCUT2D eigenvalue weighted by atomic mass is 9.83. The van der Waals surface area contributed by atoms with E-state index in [9.17, 15) is 4.79 Å². The van der Waals surface area contributed by atoms with Crippen molar-refractivity contribution in [1.82, 2.24) is 4.98 Å². The van der Waals surface area contributed by atoms with Crippen LogP contribution >= 0.6 is 0 Å². The average Bonchev–Trinajstić information content (AvgIpc) is 3.29. The van der Waals surface area contributed by atoms with Crippen molar-refractivity contribution in [3.63, 3.8) is 0 Å². The van der Waals surface area contributed by atoms with Crippen molar-refractivity contribution < 1.29 is 11.0 Å². The summed E-state index contributed by atoms with van der Waals surface area (Å²) in [4.78, 5) is 16.8. The van der Waals surface area contributed by atoms with Crippen LogP contribution in [-0.2, 0) is 21.0 Å². The van der Waals surface area contributed by atoms with E-state index in [1.807, 2.05) is 12.1 Å². The first kappa shape index (κ1) is 19.2. The van der Waals surface area contributed by atoms with Crippen LogP contribution in [0.15, 0.2) is 42.5 Å². The molecule has 1 saturated carbocycles. The molecule has 1 aliphatic heterocycles. The number of carbonyl (C=O) groups is 1. The van der Waals surface area contributed by atoms with Crippen molar-refractivity contribution in [2.45, 2.75) is 63.7 Å². The molecule has 0 saturated heterocycles. The van der Waals surface area contributed by atoms with Crippen LogP contribution in [0.4, 0.5) is 5.69 Å². The van der Waals surface area contributed by atoms with E-state index >= 15 is 0 Å². The van der Waals surface area contributed by atoms with Gasteiger partial charge in [0.2, 0.25) is 5.91 Å². The van der Waals surface area contributed by atoms with Crippen LogP contribution in [0.1, 0.15) is 65.7 Å². The molecule has 2 aromatic carbocycles. The Bertz CT molecular complexity index is 1170. The number of ether oxygens (including phenoxy) is 1. The topological polar surface area (TPSA) is 54.1 Å². The van der Waals surface area contributed by atoms with Crippen LogP contribution in [0, 0.1) is 0 Å². The van der Waals surface area contributed by atoms with Crippen molar-refractivity contribution in [3.05, 3.63) is 59.3 Å². The van der Waals surface area contributed by atoms with Gasteiger partial charge in [0.15, 0.2) is 0 Å². The molecule has 1 amide bonds. The molecule has 0 bridgehead atoms. The number of aromatic nitrogens is 1. The van der Waals surface area contributed by atoms with Gasteiger partial charge in [0.1, 0.15) is 5.75 Å². The minimum absolute atomic E-state index is 0. The van der Waals surface area contributed by atoms with Gasteiger partial charge in [-0.05, 0) is 48.7 Å². The number of carbonyl (C=O) groups excluding carboxylic acids is 1. The van der Waals surface area contributed by atoms with Gasteiger partial charge in [-0.3, -0.25) is 4.79 Å². The highest BCUT2D eigenvalue weighted by molar-refractivity contribution is 6.02. The van der Waals surface area contributed by atoms with Gasteiger partial charge in [0.05, 0.1) is 12.0 Å². The molecular weight excluding hydrogens is 372 g/mol. The Morgan fingerprint density at radius 2 is 1.87 bits per heavy atom. The molecule has 158 valence electrons. The average molecular weight is 405 g/mol. The third kappa shape index (κ3) is 3.01. The number of anilines is 1. The number of H-pyrrole nitrogens is 1. The van der Waals surface area contributed by atoms with Crippen LogP contribution in [-0.4, -0.2) is 17.5 Å². The summed E-state index contributed by atoms with van der Waals surface area (Å²) in [6, 6.07) is 14.6. The van der Waals surface area contributed by atoms with E-state index in [4.69, 9.17) is 4.74 Å². The normalized spacial score (nSPS) is 18.7. The lowest BCUT2D eigenvalue weighted by Crippen LogP contribution is -2.28. The van der Waals surface area contributed by atoms with E-state index < -0.39 is 5.41 Å². The Hall–Kier alpha value is -2.75. The van der Waals surface area contributed by atoms with Gasteiger partial charge >= 0.3 is 0 Å². The molecule has 0 spiro atoms. The molecule has 2 N–H and O–H groups in total. The molecule has 2 aliphatic rings. The molecule has 1 fully saturated rings. The highest BCUT2D eigenvalue weighted by Gasteiger charge is 2.52. The van der Waals surface area contributed by atoms with E-state index in [0.717, 1.165) is 40.7 Å². The first-order valence-electron chi connectivity index (χ1n) is 10.8. The number of rotatable bonds is 3. The Kier molecular flexibility index (Phi) is 3.93. The zero-order chi connectivity index (χ0) is 21.3. The second kappa shape index (κ2) is 6.13. The minimum atomic E-state index is -0.419. The van der Waals surface area contributed by atoms with E-state index in [1.54, 1.807) is 0 Å². The minimum Gasteiger partial charge on any atom is -0.492 e. The fourth-order valence-corrected chi connectivity index (χ4v) is 4.46. The van der Waals surface area contributed by atoms with Crippen LogP contribution in [0.25, 0.3) is 10.9 Å². The molecule has 0 unspecified atom stereocenters. The predicted molar refractivity (Wildman–Crippen MR) is 124 cm³/mol. The summed E-state index contributed by atoms with van der Waals surface area (Å²) >= 11 is 0. The van der Waals surface area contributed by atoms with E-state index in [-0.39, 0.29) is 18.2 Å². The van der Waals surface area contributed by atoms with Crippen molar-refractivity contribution in [3.8, 4) is 5.75 Å². The first-order valence-corrected chi connectivity index (χ1v) is 10.8. The SMILES string of the molecule is CC(C)(C)c1cc2cc(NC(=O)C3(c4ccc5c(c4)C(C)(C)CO5)CC3)ccc2[nH]1.[HH]. The summed E-state index contributed by atoms with van der Waals surface area (Å²) < 4.78 is 5.82. The van der Waals surface area contributed by atoms with Crippen molar-refractivity contribution >= 4 is 22.5 Å². The highest BCUT2D eigenvalue weighted by atomic mass is 16.5. The largest absolute Gasteiger partial charge is 0.492 e. The fraction of sp³-hybridized carbons (Fsp3) is 0.423. The summed E-state index contributed by atoms with van der Waals surface area (Å²) in [7, 11) is 0. The van der Waals surface area contributed by atoms with Gasteiger partial charge in [-0.2, -0.15) is 0 Å². The molecule has 1 aromatic heterocycles. The summed E-state index contributed by atoms with van der Waals surface area (Å²) in [6.45, 7) is 11.7. The van der Waals surface area contributed by atoms with Crippen LogP contribution in [0.2, 0.25) is 0 Å². The van der Waals surface area contributed by atoms with Gasteiger partial charge in [-0.25, -0.2) is 0 Å². The Morgan fingerprint density at radius 3 is 2.57 bits per heavy atom. The van der Waals surface area contributed by atoms with Crippen LogP contribution in [0.5, 0.6) is 5.75 Å². The monoisotopic (exact) mass is 404 g/mol. The van der Waals surface area contributed by atoms with Gasteiger partial charge in [0.25, 0.3) is 0 Å². The quantitative estimate of drug-likeness (QED) is 0.558. The van der Waals surface area contributed by atoms with Gasteiger partial charge in [-0.15, -0.1) is 0 Å². The van der Waals surface area contributed by atoms with Gasteiger partial charge < -0.3 is 15.0 Å². The van der Waals surface area contributed by atoms with Crippen molar-refractivity contribution in [2.75, 3.05) is 11.9 Å². The zero-order valence-electron chi connectivity index (χ0n) is 18.5. The standard InChI is InChI=1S/C26H30N2O2.H2/c1-24(2,3)22-13-16-12-18(7-8-20(16)28-22)27-23(29)26(10-11-26)17-6-9-21-19(14-17)25(4,5)15-30-21;/h6-9,12-14,28H,10-11,15H2,1-5H3,(H,27,29);1H. The van der Waals surface area contributed by atoms with Crippen molar-refractivity contribution in [1.29, 1.82) is 0 Å². The maximum absolute atomic E-state index is 13.3. The number of hydrogen-bond donors (Lipinski definition) is 2. The number of aromatic amines is 1. The fourth-order valence-electron chi connectivity index (χ4n) is 4.46. The molecule has 0 atom stereocenters. The second-order valence-corrected chi connectivity index (χ2v) is 10.7. The molecule has 1 aliphatic carbocycles.